The molecule has 0 fully saturated rings. The SMILES string of the molecule is Cn1c(=O)c(-c2ccc(Cl)cc2)cc2c3cc(-c4csc(COC(=O)C(C)(C)C)n4)ccc3n(C)c21. The summed E-state index contributed by atoms with van der Waals surface area (Å²) in [5.74, 6) is -0.251. The number of carbonyl (C=O) groups excluding carboxylic acids is 1. The van der Waals surface area contributed by atoms with Gasteiger partial charge in [-0.15, -0.1) is 11.3 Å². The first-order valence-corrected chi connectivity index (χ1v) is 12.8. The van der Waals surface area contributed by atoms with Gasteiger partial charge in [0.2, 0.25) is 0 Å². The van der Waals surface area contributed by atoms with E-state index in [-0.39, 0.29) is 18.1 Å². The molecule has 0 radical (unpaired) electrons. The monoisotopic (exact) mass is 519 g/mol. The maximum atomic E-state index is 13.2. The van der Waals surface area contributed by atoms with E-state index in [1.807, 2.05) is 62.0 Å². The molecule has 0 spiro atoms. The molecule has 0 aliphatic rings. The van der Waals surface area contributed by atoms with Crippen LogP contribution in [0.2, 0.25) is 5.02 Å². The third-order valence-corrected chi connectivity index (χ3v) is 7.36. The van der Waals surface area contributed by atoms with Gasteiger partial charge >= 0.3 is 5.97 Å². The van der Waals surface area contributed by atoms with Crippen LogP contribution >= 0.6 is 22.9 Å². The van der Waals surface area contributed by atoms with Crippen LogP contribution in [0.25, 0.3) is 44.3 Å². The molecule has 0 N–H and O–H groups in total. The Bertz CT molecular complexity index is 1690. The fourth-order valence-electron chi connectivity index (χ4n) is 4.34. The number of ether oxygens (including phenoxy) is 1. The molecule has 0 saturated heterocycles. The lowest BCUT2D eigenvalue weighted by molar-refractivity contribution is -0.154. The Morgan fingerprint density at radius 1 is 1.00 bits per heavy atom. The molecular formula is C28H26ClN3O3S. The van der Waals surface area contributed by atoms with Crippen molar-refractivity contribution >= 4 is 50.8 Å². The van der Waals surface area contributed by atoms with Crippen molar-refractivity contribution in [3.05, 3.63) is 74.3 Å². The van der Waals surface area contributed by atoms with E-state index in [4.69, 9.17) is 21.3 Å². The molecule has 0 unspecified atom stereocenters. The van der Waals surface area contributed by atoms with E-state index < -0.39 is 5.41 Å². The van der Waals surface area contributed by atoms with Gasteiger partial charge in [0.05, 0.1) is 16.6 Å². The number of esters is 1. The van der Waals surface area contributed by atoms with Crippen molar-refractivity contribution < 1.29 is 9.53 Å². The van der Waals surface area contributed by atoms with Gasteiger partial charge in [0, 0.05) is 46.4 Å². The summed E-state index contributed by atoms with van der Waals surface area (Å²) in [4.78, 5) is 30.0. The van der Waals surface area contributed by atoms with Crippen molar-refractivity contribution in [2.45, 2.75) is 27.4 Å². The second kappa shape index (κ2) is 8.91. The summed E-state index contributed by atoms with van der Waals surface area (Å²) in [7, 11) is 3.77. The normalized spacial score (nSPS) is 11.9. The quantitative estimate of drug-likeness (QED) is 0.252. The number of pyridine rings is 1. The summed E-state index contributed by atoms with van der Waals surface area (Å²) in [6.07, 6.45) is 0. The van der Waals surface area contributed by atoms with E-state index in [1.54, 1.807) is 23.7 Å². The largest absolute Gasteiger partial charge is 0.458 e. The van der Waals surface area contributed by atoms with Gasteiger partial charge in [-0.3, -0.25) is 14.2 Å². The first kappa shape index (κ1) is 24.3. The minimum absolute atomic E-state index is 0.0649. The summed E-state index contributed by atoms with van der Waals surface area (Å²) in [5.41, 5.74) is 4.48. The lowest BCUT2D eigenvalue weighted by Gasteiger charge is -2.15. The number of carbonyl (C=O) groups is 1. The second-order valence-corrected chi connectivity index (χ2v) is 11.3. The van der Waals surface area contributed by atoms with Crippen molar-refractivity contribution in [3.63, 3.8) is 0 Å². The maximum Gasteiger partial charge on any atom is 0.311 e. The number of nitrogens with zero attached hydrogens (tertiary/aromatic N) is 3. The zero-order valence-electron chi connectivity index (χ0n) is 20.8. The van der Waals surface area contributed by atoms with E-state index in [0.717, 1.165) is 43.8 Å². The van der Waals surface area contributed by atoms with E-state index in [0.29, 0.717) is 10.6 Å². The van der Waals surface area contributed by atoms with Crippen LogP contribution in [-0.4, -0.2) is 20.1 Å². The van der Waals surface area contributed by atoms with Crippen LogP contribution in [0.3, 0.4) is 0 Å². The molecule has 6 nitrogen and oxygen atoms in total. The van der Waals surface area contributed by atoms with Gasteiger partial charge in [0.25, 0.3) is 5.56 Å². The smallest absolute Gasteiger partial charge is 0.311 e. The summed E-state index contributed by atoms with van der Waals surface area (Å²) < 4.78 is 9.16. The van der Waals surface area contributed by atoms with Gasteiger partial charge in [0.1, 0.15) is 17.3 Å². The van der Waals surface area contributed by atoms with Gasteiger partial charge in [-0.05, 0) is 56.7 Å². The van der Waals surface area contributed by atoms with Gasteiger partial charge in [-0.1, -0.05) is 29.8 Å². The molecule has 5 rings (SSSR count). The average molecular weight is 520 g/mol. The number of halogens is 1. The first-order chi connectivity index (χ1) is 17.0. The third-order valence-electron chi connectivity index (χ3n) is 6.29. The van der Waals surface area contributed by atoms with E-state index >= 15 is 0 Å². The molecule has 0 atom stereocenters. The molecule has 0 saturated carbocycles. The number of rotatable bonds is 4. The van der Waals surface area contributed by atoms with Crippen molar-refractivity contribution in [1.29, 1.82) is 0 Å². The number of thiazole rings is 1. The Hall–Kier alpha value is -3.42. The lowest BCUT2D eigenvalue weighted by Crippen LogP contribution is -2.22. The first-order valence-electron chi connectivity index (χ1n) is 11.5. The number of aromatic nitrogens is 3. The highest BCUT2D eigenvalue weighted by molar-refractivity contribution is 7.09. The van der Waals surface area contributed by atoms with E-state index in [1.165, 1.54) is 11.3 Å². The minimum Gasteiger partial charge on any atom is -0.458 e. The van der Waals surface area contributed by atoms with Gasteiger partial charge in [0.15, 0.2) is 0 Å². The number of hydrogen-bond donors (Lipinski definition) is 0. The Morgan fingerprint density at radius 2 is 1.69 bits per heavy atom. The standard InChI is InChI=1S/C28H26ClN3O3S/c1-28(2,3)27(34)35-14-24-30-22(15-36-24)17-8-11-23-20(12-17)21-13-19(16-6-9-18(29)10-7-16)26(33)32(5)25(21)31(23)4/h6-13,15H,14H2,1-5H3. The van der Waals surface area contributed by atoms with E-state index in [9.17, 15) is 9.59 Å². The predicted octanol–water partition coefficient (Wildman–Crippen LogP) is 6.56. The van der Waals surface area contributed by atoms with Crippen LogP contribution in [0, 0.1) is 5.41 Å². The van der Waals surface area contributed by atoms with Crippen LogP contribution in [0.5, 0.6) is 0 Å². The van der Waals surface area contributed by atoms with Crippen LogP contribution in [0.15, 0.2) is 58.7 Å². The Kier molecular flexibility index (Phi) is 6.01. The molecule has 0 aliphatic heterocycles. The average Bonchev–Trinajstić information content (AvgIpc) is 3.42. The predicted molar refractivity (Wildman–Crippen MR) is 146 cm³/mol. The second-order valence-electron chi connectivity index (χ2n) is 9.91. The zero-order valence-corrected chi connectivity index (χ0v) is 22.3. The molecule has 0 bridgehead atoms. The topological polar surface area (TPSA) is 66.1 Å². The number of fused-ring (bicyclic) bond motifs is 3. The van der Waals surface area contributed by atoms with Gasteiger partial charge in [-0.2, -0.15) is 0 Å². The highest BCUT2D eigenvalue weighted by atomic mass is 35.5. The number of aryl methyl sites for hydroxylation is 2. The molecule has 184 valence electrons. The fourth-order valence-corrected chi connectivity index (χ4v) is 5.18. The van der Waals surface area contributed by atoms with Crippen LogP contribution in [0.1, 0.15) is 25.8 Å². The molecule has 2 aromatic carbocycles. The summed E-state index contributed by atoms with van der Waals surface area (Å²) in [6, 6.07) is 15.5. The van der Waals surface area contributed by atoms with Crippen LogP contribution in [0.4, 0.5) is 0 Å². The summed E-state index contributed by atoms with van der Waals surface area (Å²) >= 11 is 7.53. The molecule has 3 heterocycles. The zero-order chi connectivity index (χ0) is 25.8. The highest BCUT2D eigenvalue weighted by Crippen LogP contribution is 2.34. The summed E-state index contributed by atoms with van der Waals surface area (Å²) in [6.45, 7) is 5.65. The van der Waals surface area contributed by atoms with Gasteiger partial charge in [-0.25, -0.2) is 4.98 Å². The van der Waals surface area contributed by atoms with Crippen LogP contribution in [-0.2, 0) is 30.2 Å². The Labute approximate surface area is 217 Å². The van der Waals surface area contributed by atoms with E-state index in [2.05, 4.69) is 12.1 Å². The highest BCUT2D eigenvalue weighted by Gasteiger charge is 2.23. The van der Waals surface area contributed by atoms with Crippen molar-refractivity contribution in [2.24, 2.45) is 19.5 Å². The third kappa shape index (κ3) is 4.22. The molecule has 0 amide bonds. The van der Waals surface area contributed by atoms with Crippen LogP contribution < -0.4 is 5.56 Å². The Balaban J connectivity index is 1.58. The number of hydrogen-bond acceptors (Lipinski definition) is 5. The van der Waals surface area contributed by atoms with Gasteiger partial charge < -0.3 is 9.30 Å². The minimum atomic E-state index is -0.551. The maximum absolute atomic E-state index is 13.2. The number of benzene rings is 2. The molecule has 36 heavy (non-hydrogen) atoms. The molecule has 5 aromatic rings. The molecule has 0 aliphatic carbocycles. The molecule has 3 aromatic heterocycles. The Morgan fingerprint density at radius 3 is 2.39 bits per heavy atom. The summed E-state index contributed by atoms with van der Waals surface area (Å²) in [5, 5.41) is 5.36. The van der Waals surface area contributed by atoms with Crippen molar-refractivity contribution in [3.8, 4) is 22.4 Å². The molecule has 8 heteroatoms. The van der Waals surface area contributed by atoms with Crippen molar-refractivity contribution in [2.75, 3.05) is 0 Å². The molecular weight excluding hydrogens is 494 g/mol. The lowest BCUT2D eigenvalue weighted by atomic mass is 9.97. The fraction of sp³-hybridized carbons (Fsp3) is 0.250. The van der Waals surface area contributed by atoms with Crippen molar-refractivity contribution in [1.82, 2.24) is 14.1 Å².